The SMILES string of the molecule is C/C(=N/OCC(=O)N=Nc1c(O)n(CN2C[C@H]3C[C@@H](C2)c2cccc(=O)n2C3)c2ccccc12)c1cccs1. The summed E-state index contributed by atoms with van der Waals surface area (Å²) in [5, 5.41) is 25.7. The number of nitrogens with zero attached hydrogens (tertiary/aromatic N) is 6. The number of oxime groups is 1. The van der Waals surface area contributed by atoms with Crippen LogP contribution in [0.25, 0.3) is 10.9 Å². The van der Waals surface area contributed by atoms with Crippen molar-refractivity contribution in [3.05, 3.63) is 80.9 Å². The second kappa shape index (κ2) is 10.6. The maximum atomic E-state index is 12.4. The smallest absolute Gasteiger partial charge is 0.304 e. The number of thiophene rings is 1. The minimum Gasteiger partial charge on any atom is -0.493 e. The molecule has 1 aromatic carbocycles. The lowest BCUT2D eigenvalue weighted by Gasteiger charge is -2.42. The van der Waals surface area contributed by atoms with Gasteiger partial charge in [-0.2, -0.15) is 0 Å². The number of pyridine rings is 1. The van der Waals surface area contributed by atoms with Crippen LogP contribution in [0.4, 0.5) is 5.69 Å². The van der Waals surface area contributed by atoms with Crippen molar-refractivity contribution >= 4 is 39.5 Å². The van der Waals surface area contributed by atoms with Crippen LogP contribution >= 0.6 is 11.3 Å². The summed E-state index contributed by atoms with van der Waals surface area (Å²) in [6.45, 7) is 4.22. The third kappa shape index (κ3) is 5.02. The van der Waals surface area contributed by atoms with Gasteiger partial charge in [-0.3, -0.25) is 19.1 Å². The van der Waals surface area contributed by atoms with Gasteiger partial charge in [0.05, 0.1) is 22.8 Å². The molecule has 1 amide bonds. The number of hydrogen-bond donors (Lipinski definition) is 1. The first kappa shape index (κ1) is 25.2. The Morgan fingerprint density at radius 3 is 2.82 bits per heavy atom. The molecule has 6 rings (SSSR count). The predicted octanol–water partition coefficient (Wildman–Crippen LogP) is 4.70. The normalized spacial score (nSPS) is 19.5. The van der Waals surface area contributed by atoms with Crippen molar-refractivity contribution in [3.63, 3.8) is 0 Å². The number of aromatic hydroxyl groups is 1. The molecule has 5 heterocycles. The van der Waals surface area contributed by atoms with Crippen LogP contribution in [0.15, 0.2) is 80.2 Å². The van der Waals surface area contributed by atoms with Gasteiger partial charge < -0.3 is 14.5 Å². The summed E-state index contributed by atoms with van der Waals surface area (Å²) >= 11 is 1.53. The number of amides is 1. The lowest BCUT2D eigenvalue weighted by atomic mass is 9.83. The molecule has 4 aromatic rings. The number of piperidine rings is 1. The predicted molar refractivity (Wildman–Crippen MR) is 149 cm³/mol. The number of benzene rings is 1. The van der Waals surface area contributed by atoms with Crippen LogP contribution < -0.4 is 5.56 Å². The van der Waals surface area contributed by atoms with Gasteiger partial charge in [-0.1, -0.05) is 35.5 Å². The molecule has 2 aliphatic heterocycles. The number of likely N-dealkylation sites (tertiary alicyclic amines) is 1. The molecular weight excluding hydrogens is 516 g/mol. The Hall–Kier alpha value is -4.09. The number of azo groups is 1. The van der Waals surface area contributed by atoms with Gasteiger partial charge in [-0.05, 0) is 42.8 Å². The Labute approximate surface area is 228 Å². The van der Waals surface area contributed by atoms with E-state index in [-0.39, 0.29) is 29.7 Å². The van der Waals surface area contributed by atoms with Crippen molar-refractivity contribution in [2.24, 2.45) is 21.3 Å². The highest BCUT2D eigenvalue weighted by molar-refractivity contribution is 7.12. The Bertz CT molecular complexity index is 1640. The summed E-state index contributed by atoms with van der Waals surface area (Å²) in [4.78, 5) is 33.1. The Morgan fingerprint density at radius 1 is 1.10 bits per heavy atom. The molecule has 39 heavy (non-hydrogen) atoms. The molecule has 1 saturated heterocycles. The Morgan fingerprint density at radius 2 is 1.97 bits per heavy atom. The van der Waals surface area contributed by atoms with Crippen molar-refractivity contribution < 1.29 is 14.7 Å². The molecule has 11 heteroatoms. The second-order valence-corrected chi connectivity index (χ2v) is 11.0. The molecule has 2 atom stereocenters. The van der Waals surface area contributed by atoms with E-state index in [0.29, 0.717) is 30.2 Å². The van der Waals surface area contributed by atoms with Crippen LogP contribution in [0.3, 0.4) is 0 Å². The van der Waals surface area contributed by atoms with Crippen LogP contribution in [0.2, 0.25) is 0 Å². The third-order valence-corrected chi connectivity index (χ3v) is 8.32. The van der Waals surface area contributed by atoms with Crippen molar-refractivity contribution in [2.45, 2.75) is 32.5 Å². The molecule has 1 fully saturated rings. The first-order valence-electron chi connectivity index (χ1n) is 12.8. The zero-order valence-corrected chi connectivity index (χ0v) is 22.3. The molecule has 0 radical (unpaired) electrons. The lowest BCUT2D eigenvalue weighted by molar-refractivity contribution is -0.122. The number of carbonyl (C=O) groups is 1. The maximum absolute atomic E-state index is 12.4. The molecule has 0 saturated carbocycles. The quantitative estimate of drug-likeness (QED) is 0.206. The van der Waals surface area contributed by atoms with Gasteiger partial charge in [0.1, 0.15) is 0 Å². The van der Waals surface area contributed by atoms with E-state index in [1.807, 2.05) is 58.5 Å². The highest BCUT2D eigenvalue weighted by Gasteiger charge is 2.35. The minimum atomic E-state index is -0.605. The number of fused-ring (bicyclic) bond motifs is 5. The van der Waals surface area contributed by atoms with Gasteiger partial charge in [-0.25, -0.2) is 0 Å². The maximum Gasteiger partial charge on any atom is 0.304 e. The zero-order chi connectivity index (χ0) is 26.9. The number of carbonyl (C=O) groups excluding carboxylic acids is 1. The monoisotopic (exact) mass is 544 g/mol. The van der Waals surface area contributed by atoms with Crippen LogP contribution in [-0.2, 0) is 22.8 Å². The second-order valence-electron chi connectivity index (χ2n) is 10.0. The molecule has 3 aromatic heterocycles. The Balaban J connectivity index is 1.19. The van der Waals surface area contributed by atoms with Gasteiger partial charge in [0.15, 0.2) is 12.3 Å². The Kier molecular flexibility index (Phi) is 6.84. The van der Waals surface area contributed by atoms with Crippen molar-refractivity contribution in [1.29, 1.82) is 0 Å². The number of hydrogen-bond acceptors (Lipinski definition) is 8. The summed E-state index contributed by atoms with van der Waals surface area (Å²) in [5.41, 5.74) is 2.86. The summed E-state index contributed by atoms with van der Waals surface area (Å²) < 4.78 is 3.71. The largest absolute Gasteiger partial charge is 0.493 e. The van der Waals surface area contributed by atoms with Gasteiger partial charge >= 0.3 is 5.91 Å². The van der Waals surface area contributed by atoms with E-state index in [2.05, 4.69) is 20.3 Å². The lowest BCUT2D eigenvalue weighted by Crippen LogP contribution is -2.47. The zero-order valence-electron chi connectivity index (χ0n) is 21.4. The van der Waals surface area contributed by atoms with E-state index in [1.54, 1.807) is 17.6 Å². The van der Waals surface area contributed by atoms with Gasteiger partial charge in [0.2, 0.25) is 5.88 Å². The van der Waals surface area contributed by atoms with Gasteiger partial charge in [0, 0.05) is 42.7 Å². The summed E-state index contributed by atoms with van der Waals surface area (Å²) in [6, 6.07) is 16.9. The molecular formula is C28H28N6O4S. The fraction of sp³-hybridized carbons (Fsp3) is 0.321. The molecule has 2 bridgehead atoms. The fourth-order valence-corrected chi connectivity index (χ4v) is 6.34. The average molecular weight is 545 g/mol. The summed E-state index contributed by atoms with van der Waals surface area (Å²) in [7, 11) is 0. The first-order valence-corrected chi connectivity index (χ1v) is 13.7. The van der Waals surface area contributed by atoms with Crippen LogP contribution in [-0.4, -0.2) is 50.5 Å². The van der Waals surface area contributed by atoms with E-state index < -0.39 is 5.91 Å². The molecule has 0 unspecified atom stereocenters. The number of aromatic nitrogens is 2. The molecule has 0 spiro atoms. The van der Waals surface area contributed by atoms with Crippen LogP contribution in [0.5, 0.6) is 5.88 Å². The van der Waals surface area contributed by atoms with Crippen molar-refractivity contribution in [3.8, 4) is 5.88 Å². The van der Waals surface area contributed by atoms with E-state index in [9.17, 15) is 14.7 Å². The standard InChI is InChI=1S/C28H28N6O4S/c1-18(24-9-5-11-39-24)31-38-16-25(35)29-30-27-21-6-2-3-7-23(21)34(28(27)37)17-32-13-19-12-20(15-32)22-8-4-10-26(36)33(22)14-19/h2-11,19-20,37H,12-17H2,1H3/b30-29?,31-18-/t19-,20+/m1/s1. The van der Waals surface area contributed by atoms with E-state index in [1.165, 1.54) is 11.3 Å². The van der Waals surface area contributed by atoms with Crippen molar-refractivity contribution in [2.75, 3.05) is 19.7 Å². The third-order valence-electron chi connectivity index (χ3n) is 7.34. The minimum absolute atomic E-state index is 0.0485. The van der Waals surface area contributed by atoms with E-state index in [0.717, 1.165) is 35.6 Å². The van der Waals surface area contributed by atoms with Crippen molar-refractivity contribution in [1.82, 2.24) is 14.0 Å². The fourth-order valence-electron chi connectivity index (χ4n) is 5.67. The molecule has 10 nitrogen and oxygen atoms in total. The number of para-hydroxylation sites is 1. The average Bonchev–Trinajstić information content (AvgIpc) is 3.56. The summed E-state index contributed by atoms with van der Waals surface area (Å²) in [5.74, 6) is -0.0271. The van der Waals surface area contributed by atoms with Gasteiger partial charge in [0.25, 0.3) is 5.56 Å². The molecule has 200 valence electrons. The van der Waals surface area contributed by atoms with E-state index in [4.69, 9.17) is 4.84 Å². The summed E-state index contributed by atoms with van der Waals surface area (Å²) in [6.07, 6.45) is 1.05. The molecule has 1 N–H and O–H groups in total. The van der Waals surface area contributed by atoms with Crippen LogP contribution in [0.1, 0.15) is 29.8 Å². The first-order chi connectivity index (χ1) is 19.0. The highest BCUT2D eigenvalue weighted by Crippen LogP contribution is 2.40. The highest BCUT2D eigenvalue weighted by atomic mass is 32.1. The van der Waals surface area contributed by atoms with Crippen LogP contribution in [0, 0.1) is 5.92 Å². The number of rotatable bonds is 7. The molecule has 2 aliphatic rings. The topological polar surface area (TPSA) is 114 Å². The molecule has 0 aliphatic carbocycles. The van der Waals surface area contributed by atoms with E-state index >= 15 is 0 Å². The van der Waals surface area contributed by atoms with Gasteiger partial charge in [-0.15, -0.1) is 21.6 Å².